The lowest BCUT2D eigenvalue weighted by Crippen LogP contribution is -2.07. The fourth-order valence-electron chi connectivity index (χ4n) is 0.566. The van der Waals surface area contributed by atoms with Gasteiger partial charge in [0.2, 0.25) is 0 Å². The molecule has 1 aromatic heterocycles. The smallest absolute Gasteiger partial charge is 0.262 e. The number of halogens is 1. The van der Waals surface area contributed by atoms with Crippen LogP contribution in [0.25, 0.3) is 0 Å². The molecule has 0 aromatic carbocycles. The minimum absolute atomic E-state index is 0.282. The number of aromatic nitrogens is 1. The number of pyridine rings is 1. The van der Waals surface area contributed by atoms with E-state index in [1.54, 1.807) is 0 Å². The van der Waals surface area contributed by atoms with Crippen molar-refractivity contribution in [3.05, 3.63) is 32.7 Å². The number of H-pyrrole nitrogens is 1. The van der Waals surface area contributed by atoms with Crippen LogP contribution in [0.15, 0.2) is 21.5 Å². The third kappa shape index (κ3) is 1.16. The third-order valence-corrected chi connectivity index (χ3v) is 1.88. The minimum Gasteiger partial charge on any atom is -0.328 e. The highest BCUT2D eigenvalue weighted by Crippen LogP contribution is 2.06. The zero-order chi connectivity index (χ0) is 7.56. The number of nitrogens with one attached hydrogen (secondary N) is 1. The van der Waals surface area contributed by atoms with Crippen LogP contribution in [0.5, 0.6) is 0 Å². The summed E-state index contributed by atoms with van der Waals surface area (Å²) in [4.78, 5) is 23.3. The molecule has 0 aliphatic rings. The molecular formula is C6H4BrNO2. The van der Waals surface area contributed by atoms with E-state index < -0.39 is 0 Å². The highest BCUT2D eigenvalue weighted by Gasteiger charge is 1.99. The lowest BCUT2D eigenvalue weighted by Gasteiger charge is -1.90. The summed E-state index contributed by atoms with van der Waals surface area (Å²) in [7, 11) is 0. The van der Waals surface area contributed by atoms with Gasteiger partial charge in [0.1, 0.15) is 0 Å². The Labute approximate surface area is 65.2 Å². The maximum atomic E-state index is 10.7. The maximum Gasteiger partial charge on any atom is 0.262 e. The van der Waals surface area contributed by atoms with Gasteiger partial charge in [0.05, 0.1) is 4.47 Å². The standard InChI is InChI=1S/C6H4BrNO2/c7-5-4(3-9)1-2-8-6(5)10/h1-3H,(H,8,10). The monoisotopic (exact) mass is 201 g/mol. The first kappa shape index (κ1) is 7.21. The zero-order valence-corrected chi connectivity index (χ0v) is 6.51. The molecule has 1 rings (SSSR count). The predicted octanol–water partition coefficient (Wildman–Crippen LogP) is 0.950. The van der Waals surface area contributed by atoms with E-state index in [4.69, 9.17) is 0 Å². The van der Waals surface area contributed by atoms with Crippen LogP contribution in [0.1, 0.15) is 10.4 Å². The van der Waals surface area contributed by atoms with Crippen LogP contribution in [0.3, 0.4) is 0 Å². The number of carbonyl (C=O) groups excluding carboxylic acids is 1. The van der Waals surface area contributed by atoms with Gasteiger partial charge >= 0.3 is 0 Å². The van der Waals surface area contributed by atoms with Gasteiger partial charge in [-0.2, -0.15) is 0 Å². The lowest BCUT2D eigenvalue weighted by molar-refractivity contribution is 0.112. The van der Waals surface area contributed by atoms with Gasteiger partial charge in [-0.3, -0.25) is 9.59 Å². The molecule has 0 aliphatic carbocycles. The lowest BCUT2D eigenvalue weighted by atomic mass is 10.3. The highest BCUT2D eigenvalue weighted by atomic mass is 79.9. The SMILES string of the molecule is O=Cc1cc[nH]c(=O)c1Br. The van der Waals surface area contributed by atoms with E-state index in [0.717, 1.165) is 0 Å². The Morgan fingerprint density at radius 1 is 1.60 bits per heavy atom. The summed E-state index contributed by atoms with van der Waals surface area (Å²) < 4.78 is 0.282. The molecule has 10 heavy (non-hydrogen) atoms. The Morgan fingerprint density at radius 3 is 2.80 bits per heavy atom. The summed E-state index contributed by atoms with van der Waals surface area (Å²) in [5.41, 5.74) is 0.0772. The van der Waals surface area contributed by atoms with Gasteiger partial charge in [-0.1, -0.05) is 0 Å². The van der Waals surface area contributed by atoms with Gasteiger partial charge in [0, 0.05) is 11.8 Å². The van der Waals surface area contributed by atoms with Crippen LogP contribution in [0.2, 0.25) is 0 Å². The summed E-state index contributed by atoms with van der Waals surface area (Å²) in [5, 5.41) is 0. The summed E-state index contributed by atoms with van der Waals surface area (Å²) in [6.07, 6.45) is 2.05. The normalized spacial score (nSPS) is 9.30. The molecule has 0 amide bonds. The third-order valence-electron chi connectivity index (χ3n) is 1.06. The van der Waals surface area contributed by atoms with E-state index in [2.05, 4.69) is 20.9 Å². The van der Waals surface area contributed by atoms with Crippen molar-refractivity contribution >= 4 is 22.2 Å². The van der Waals surface area contributed by atoms with E-state index >= 15 is 0 Å². The number of hydrogen-bond donors (Lipinski definition) is 1. The Morgan fingerprint density at radius 2 is 2.30 bits per heavy atom. The van der Waals surface area contributed by atoms with Crippen molar-refractivity contribution in [2.75, 3.05) is 0 Å². The van der Waals surface area contributed by atoms with E-state index in [0.29, 0.717) is 11.8 Å². The Balaban J connectivity index is 3.41. The summed E-state index contributed by atoms with van der Waals surface area (Å²) in [6.45, 7) is 0. The first-order valence-corrected chi connectivity index (χ1v) is 3.37. The van der Waals surface area contributed by atoms with Gasteiger partial charge < -0.3 is 4.98 Å². The molecule has 4 heteroatoms. The van der Waals surface area contributed by atoms with Crippen LogP contribution in [-0.2, 0) is 0 Å². The fraction of sp³-hybridized carbons (Fsp3) is 0. The summed E-state index contributed by atoms with van der Waals surface area (Å²) >= 11 is 2.97. The molecular weight excluding hydrogens is 198 g/mol. The second kappa shape index (κ2) is 2.79. The number of aldehydes is 1. The first-order valence-electron chi connectivity index (χ1n) is 2.58. The van der Waals surface area contributed by atoms with E-state index in [1.165, 1.54) is 12.3 Å². The van der Waals surface area contributed by atoms with Crippen LogP contribution in [-0.4, -0.2) is 11.3 Å². The highest BCUT2D eigenvalue weighted by molar-refractivity contribution is 9.10. The van der Waals surface area contributed by atoms with Crippen molar-refractivity contribution in [3.63, 3.8) is 0 Å². The Bertz CT molecular complexity index is 305. The van der Waals surface area contributed by atoms with Crippen molar-refractivity contribution in [1.82, 2.24) is 4.98 Å². The quantitative estimate of drug-likeness (QED) is 0.689. The second-order valence-electron chi connectivity index (χ2n) is 1.69. The average Bonchev–Trinajstić information content (AvgIpc) is 1.95. The van der Waals surface area contributed by atoms with Gasteiger partial charge in [0.25, 0.3) is 5.56 Å². The van der Waals surface area contributed by atoms with Gasteiger partial charge in [-0.05, 0) is 22.0 Å². The second-order valence-corrected chi connectivity index (χ2v) is 2.49. The van der Waals surface area contributed by atoms with E-state index in [1.807, 2.05) is 0 Å². The average molecular weight is 202 g/mol. The molecule has 0 radical (unpaired) electrons. The molecule has 0 saturated heterocycles. The molecule has 52 valence electrons. The topological polar surface area (TPSA) is 49.9 Å². The predicted molar refractivity (Wildman–Crippen MR) is 40.2 cm³/mol. The van der Waals surface area contributed by atoms with Crippen molar-refractivity contribution in [1.29, 1.82) is 0 Å². The largest absolute Gasteiger partial charge is 0.328 e. The van der Waals surface area contributed by atoms with Crippen LogP contribution < -0.4 is 5.56 Å². The first-order chi connectivity index (χ1) is 4.75. The number of rotatable bonds is 1. The van der Waals surface area contributed by atoms with Crippen LogP contribution in [0, 0.1) is 0 Å². The van der Waals surface area contributed by atoms with Crippen molar-refractivity contribution in [2.24, 2.45) is 0 Å². The summed E-state index contributed by atoms with van der Waals surface area (Å²) in [5.74, 6) is 0. The molecule has 0 bridgehead atoms. The van der Waals surface area contributed by atoms with E-state index in [9.17, 15) is 9.59 Å². The number of aromatic amines is 1. The molecule has 0 spiro atoms. The molecule has 0 fully saturated rings. The van der Waals surface area contributed by atoms with Crippen molar-refractivity contribution in [2.45, 2.75) is 0 Å². The molecule has 1 aromatic rings. The zero-order valence-electron chi connectivity index (χ0n) is 4.93. The molecule has 0 saturated carbocycles. The van der Waals surface area contributed by atoms with Crippen LogP contribution in [0.4, 0.5) is 0 Å². The molecule has 1 heterocycles. The maximum absolute atomic E-state index is 10.7. The molecule has 1 N–H and O–H groups in total. The molecule has 0 unspecified atom stereocenters. The Kier molecular flexibility index (Phi) is 2.01. The van der Waals surface area contributed by atoms with Crippen LogP contribution >= 0.6 is 15.9 Å². The van der Waals surface area contributed by atoms with Gasteiger partial charge in [-0.25, -0.2) is 0 Å². The van der Waals surface area contributed by atoms with Crippen molar-refractivity contribution < 1.29 is 4.79 Å². The van der Waals surface area contributed by atoms with E-state index in [-0.39, 0.29) is 10.0 Å². The summed E-state index contributed by atoms with van der Waals surface area (Å²) in [6, 6.07) is 1.53. The molecule has 3 nitrogen and oxygen atoms in total. The number of carbonyl (C=O) groups is 1. The fourth-order valence-corrected chi connectivity index (χ4v) is 0.906. The van der Waals surface area contributed by atoms with Gasteiger partial charge in [-0.15, -0.1) is 0 Å². The molecule has 0 atom stereocenters. The van der Waals surface area contributed by atoms with Gasteiger partial charge in [0.15, 0.2) is 6.29 Å². The van der Waals surface area contributed by atoms with Crippen molar-refractivity contribution in [3.8, 4) is 0 Å². The minimum atomic E-state index is -0.287. The Hall–Kier alpha value is -0.900. The number of hydrogen-bond acceptors (Lipinski definition) is 2. The molecule has 0 aliphatic heterocycles.